The summed E-state index contributed by atoms with van der Waals surface area (Å²) in [6.45, 7) is 9.47. The lowest BCUT2D eigenvalue weighted by Crippen LogP contribution is -2.28. The maximum absolute atomic E-state index is 13.4. The van der Waals surface area contributed by atoms with Gasteiger partial charge in [-0.15, -0.1) is 0 Å². The predicted octanol–water partition coefficient (Wildman–Crippen LogP) is 5.57. The van der Waals surface area contributed by atoms with E-state index in [0.29, 0.717) is 39.1 Å². The van der Waals surface area contributed by atoms with Crippen LogP contribution >= 0.6 is 7.14 Å². The van der Waals surface area contributed by atoms with E-state index >= 15 is 0 Å². The number of hydrogen-bond donors (Lipinski definition) is 3. The summed E-state index contributed by atoms with van der Waals surface area (Å²) in [7, 11) is -2.87. The van der Waals surface area contributed by atoms with Gasteiger partial charge in [0, 0.05) is 16.4 Å². The van der Waals surface area contributed by atoms with E-state index in [4.69, 9.17) is 0 Å². The molecule has 3 rings (SSSR count). The molecule has 0 aliphatic rings. The molecule has 2 aromatic carbocycles. The largest absolute Gasteiger partial charge is 0.480 e. The molecule has 0 saturated heterocycles. The average Bonchev–Trinajstić information content (AvgIpc) is 2.71. The fourth-order valence-electron chi connectivity index (χ4n) is 3.96. The van der Waals surface area contributed by atoms with Crippen LogP contribution in [0, 0.1) is 13.8 Å². The maximum atomic E-state index is 13.4. The van der Waals surface area contributed by atoms with Crippen molar-refractivity contribution in [2.75, 3.05) is 24.0 Å². The first-order chi connectivity index (χ1) is 16.1. The van der Waals surface area contributed by atoms with Crippen LogP contribution < -0.4 is 15.9 Å². The predicted molar refractivity (Wildman–Crippen MR) is 132 cm³/mol. The highest BCUT2D eigenvalue weighted by molar-refractivity contribution is 7.70. The highest BCUT2D eigenvalue weighted by atomic mass is 31.2. The highest BCUT2D eigenvalue weighted by Gasteiger charge is 2.33. The van der Waals surface area contributed by atoms with Crippen molar-refractivity contribution in [2.45, 2.75) is 46.0 Å². The van der Waals surface area contributed by atoms with Crippen molar-refractivity contribution in [1.29, 1.82) is 0 Å². The summed E-state index contributed by atoms with van der Waals surface area (Å²) >= 11 is 0. The van der Waals surface area contributed by atoms with Crippen LogP contribution in [-0.4, -0.2) is 40.4 Å². The molecular weight excluding hydrogens is 480 g/mol. The third kappa shape index (κ3) is 5.75. The molecule has 0 fully saturated rings. The highest BCUT2D eigenvalue weighted by Crippen LogP contribution is 2.41. The molecule has 0 bridgehead atoms. The summed E-state index contributed by atoms with van der Waals surface area (Å²) in [5.74, 6) is -0.275. The van der Waals surface area contributed by atoms with Crippen LogP contribution in [0.2, 0.25) is 0 Å². The number of nitrogens with one attached hydrogen (secondary N) is 2. The number of benzene rings is 2. The van der Waals surface area contributed by atoms with Crippen molar-refractivity contribution in [3.63, 3.8) is 0 Å². The van der Waals surface area contributed by atoms with Gasteiger partial charge in [-0.1, -0.05) is 12.1 Å². The molecule has 3 N–H and O–H groups in total. The number of aliphatic carboxylic acids is 1. The summed E-state index contributed by atoms with van der Waals surface area (Å²) in [5.41, 5.74) is 0.763. The Hall–Kier alpha value is -3.13. The van der Waals surface area contributed by atoms with Gasteiger partial charge < -0.3 is 20.3 Å². The van der Waals surface area contributed by atoms with Crippen molar-refractivity contribution < 1.29 is 27.6 Å². The number of fused-ring (bicyclic) bond motifs is 1. The number of halogens is 3. The van der Waals surface area contributed by atoms with Crippen LogP contribution in [-0.2, 0) is 15.5 Å². The van der Waals surface area contributed by atoms with E-state index in [1.165, 1.54) is 19.9 Å². The Kier molecular flexibility index (Phi) is 7.18. The van der Waals surface area contributed by atoms with Crippen molar-refractivity contribution in [1.82, 2.24) is 9.97 Å². The number of aromatic nitrogens is 2. The van der Waals surface area contributed by atoms with Crippen LogP contribution in [0.25, 0.3) is 10.9 Å². The van der Waals surface area contributed by atoms with Gasteiger partial charge in [-0.3, -0.25) is 4.79 Å². The van der Waals surface area contributed by atoms with E-state index < -0.39 is 36.9 Å². The second-order valence-electron chi connectivity index (χ2n) is 8.94. The standard InChI is InChI=1S/C24H28F3N4O3P/c1-12-16(8-7-9-18(12)24(25,26)27)13(2)29-22-17-10-21(35(5,6)34)20(28-14(3)23(32)33)11-19(17)30-15(4)31-22/h7-11,13-14,28H,1-6H3,(H,32,33)(H,29,30,31). The van der Waals surface area contributed by atoms with Gasteiger partial charge in [-0.2, -0.15) is 13.2 Å². The third-order valence-electron chi connectivity index (χ3n) is 5.75. The number of anilines is 2. The molecule has 0 radical (unpaired) electrons. The monoisotopic (exact) mass is 508 g/mol. The Morgan fingerprint density at radius 3 is 2.31 bits per heavy atom. The summed E-state index contributed by atoms with van der Waals surface area (Å²) < 4.78 is 53.3. The van der Waals surface area contributed by atoms with Crippen LogP contribution in [0.3, 0.4) is 0 Å². The molecule has 0 spiro atoms. The molecule has 1 heterocycles. The number of nitrogens with zero attached hydrogens (tertiary/aromatic N) is 2. The van der Waals surface area contributed by atoms with Crippen molar-refractivity contribution in [3.05, 3.63) is 52.8 Å². The lowest BCUT2D eigenvalue weighted by molar-refractivity contribution is -0.138. The molecule has 1 aromatic heterocycles. The molecule has 7 nitrogen and oxygen atoms in total. The van der Waals surface area contributed by atoms with E-state index in [-0.39, 0.29) is 5.56 Å². The quantitative estimate of drug-likeness (QED) is 0.359. The first kappa shape index (κ1) is 26.5. The lowest BCUT2D eigenvalue weighted by Gasteiger charge is -2.22. The van der Waals surface area contributed by atoms with E-state index in [1.54, 1.807) is 45.4 Å². The second-order valence-corrected chi connectivity index (χ2v) is 12.1. The minimum absolute atomic E-state index is 0.122. The van der Waals surface area contributed by atoms with Crippen LogP contribution in [0.5, 0.6) is 0 Å². The molecule has 0 aliphatic carbocycles. The van der Waals surface area contributed by atoms with Gasteiger partial charge in [0.15, 0.2) is 0 Å². The van der Waals surface area contributed by atoms with Gasteiger partial charge in [0.1, 0.15) is 24.8 Å². The van der Waals surface area contributed by atoms with Gasteiger partial charge in [0.25, 0.3) is 0 Å². The fraction of sp³-hybridized carbons (Fsp3) is 0.375. The van der Waals surface area contributed by atoms with E-state index in [2.05, 4.69) is 20.6 Å². The lowest BCUT2D eigenvalue weighted by atomic mass is 9.97. The zero-order valence-electron chi connectivity index (χ0n) is 20.3. The first-order valence-corrected chi connectivity index (χ1v) is 13.5. The number of carboxylic acid groups (broad SMARTS) is 1. The summed E-state index contributed by atoms with van der Waals surface area (Å²) in [4.78, 5) is 20.3. The molecule has 0 amide bonds. The van der Waals surface area contributed by atoms with E-state index in [9.17, 15) is 27.6 Å². The molecule has 0 saturated carbocycles. The summed E-state index contributed by atoms with van der Waals surface area (Å²) in [6, 6.07) is 5.88. The van der Waals surface area contributed by atoms with Gasteiger partial charge in [-0.25, -0.2) is 9.97 Å². The fourth-order valence-corrected chi connectivity index (χ4v) is 5.11. The number of aryl methyl sites for hydroxylation is 1. The third-order valence-corrected chi connectivity index (χ3v) is 7.28. The number of carboxylic acids is 1. The Bertz CT molecular complexity index is 1340. The topological polar surface area (TPSA) is 104 Å². The molecule has 3 aromatic rings. The van der Waals surface area contributed by atoms with Crippen LogP contribution in [0.1, 0.15) is 42.4 Å². The minimum Gasteiger partial charge on any atom is -0.480 e. The van der Waals surface area contributed by atoms with Gasteiger partial charge in [-0.05, 0) is 70.4 Å². The number of carbonyl (C=O) groups is 1. The molecule has 11 heteroatoms. The van der Waals surface area contributed by atoms with Gasteiger partial charge in [0.05, 0.1) is 17.1 Å². The van der Waals surface area contributed by atoms with Crippen LogP contribution in [0.4, 0.5) is 24.7 Å². The molecule has 35 heavy (non-hydrogen) atoms. The van der Waals surface area contributed by atoms with Crippen molar-refractivity contribution in [2.24, 2.45) is 0 Å². The zero-order chi connectivity index (χ0) is 26.3. The van der Waals surface area contributed by atoms with Crippen LogP contribution in [0.15, 0.2) is 30.3 Å². The van der Waals surface area contributed by atoms with Crippen molar-refractivity contribution >= 4 is 40.8 Å². The summed E-state index contributed by atoms with van der Waals surface area (Å²) in [5, 5.41) is 16.3. The molecular formula is C24H28F3N4O3P. The number of alkyl halides is 3. The smallest absolute Gasteiger partial charge is 0.416 e. The average molecular weight is 508 g/mol. The summed E-state index contributed by atoms with van der Waals surface area (Å²) in [6.07, 6.45) is -4.47. The Morgan fingerprint density at radius 1 is 1.09 bits per heavy atom. The minimum atomic E-state index is -4.47. The number of hydrogen-bond acceptors (Lipinski definition) is 6. The van der Waals surface area contributed by atoms with Crippen molar-refractivity contribution in [3.8, 4) is 0 Å². The van der Waals surface area contributed by atoms with Gasteiger partial charge in [0.2, 0.25) is 0 Å². The Balaban J connectivity index is 2.13. The first-order valence-electron chi connectivity index (χ1n) is 10.9. The Morgan fingerprint density at radius 2 is 1.74 bits per heavy atom. The zero-order valence-corrected chi connectivity index (χ0v) is 21.2. The SMILES string of the molecule is Cc1nc(NC(C)c2cccc(C(F)(F)F)c2C)c2cc(P(C)(C)=O)c(NC(C)C(=O)O)cc2n1. The van der Waals surface area contributed by atoms with Gasteiger partial charge >= 0.3 is 12.1 Å². The Labute approximate surface area is 201 Å². The maximum Gasteiger partial charge on any atom is 0.416 e. The molecule has 0 aliphatic heterocycles. The molecule has 2 atom stereocenters. The normalized spacial score (nSPS) is 14.0. The van der Waals surface area contributed by atoms with E-state index in [1.807, 2.05) is 0 Å². The molecule has 188 valence electrons. The second kappa shape index (κ2) is 9.49. The number of rotatable bonds is 7. The van der Waals surface area contributed by atoms with E-state index in [0.717, 1.165) is 6.07 Å². The molecule has 2 unspecified atom stereocenters.